The van der Waals surface area contributed by atoms with Crippen molar-refractivity contribution in [3.63, 3.8) is 0 Å². The summed E-state index contributed by atoms with van der Waals surface area (Å²) in [5.74, 6) is 0. The molecule has 2 aromatic rings. The summed E-state index contributed by atoms with van der Waals surface area (Å²) in [7, 11) is 0. The van der Waals surface area contributed by atoms with E-state index in [4.69, 9.17) is 0 Å². The maximum absolute atomic E-state index is 4.20. The van der Waals surface area contributed by atoms with Gasteiger partial charge in [0.2, 0.25) is 0 Å². The largest absolute Gasteiger partial charge is 0.379 e. The van der Waals surface area contributed by atoms with Gasteiger partial charge >= 0.3 is 0 Å². The number of aryl methyl sites for hydroxylation is 2. The molecule has 2 rings (SSSR count). The molecular weight excluding hydrogens is 210 g/mol. The molecule has 0 spiro atoms. The molecule has 0 saturated carbocycles. The Morgan fingerprint density at radius 2 is 2.12 bits per heavy atom. The van der Waals surface area contributed by atoms with E-state index in [1.54, 1.807) is 0 Å². The van der Waals surface area contributed by atoms with Crippen LogP contribution in [0.25, 0.3) is 0 Å². The van der Waals surface area contributed by atoms with E-state index in [1.807, 2.05) is 12.5 Å². The van der Waals surface area contributed by atoms with Crippen molar-refractivity contribution in [2.24, 2.45) is 0 Å². The van der Waals surface area contributed by atoms with Crippen molar-refractivity contribution in [3.8, 4) is 0 Å². The molecule has 0 aliphatic heterocycles. The third kappa shape index (κ3) is 2.87. The molecule has 1 heterocycles. The topological polar surface area (TPSA) is 29.9 Å². The number of hydrogen-bond acceptors (Lipinski definition) is 2. The number of para-hydroxylation sites is 1. The lowest BCUT2D eigenvalue weighted by molar-refractivity contribution is 0.651. The van der Waals surface area contributed by atoms with Crippen molar-refractivity contribution in [2.75, 3.05) is 5.32 Å². The van der Waals surface area contributed by atoms with Crippen LogP contribution in [0.15, 0.2) is 36.8 Å². The van der Waals surface area contributed by atoms with Gasteiger partial charge in [0, 0.05) is 18.4 Å². The number of aromatic nitrogens is 2. The molecule has 0 fully saturated rings. The Bertz CT molecular complexity index is 474. The minimum atomic E-state index is 0.824. The number of anilines is 1. The van der Waals surface area contributed by atoms with Crippen LogP contribution in [-0.4, -0.2) is 9.55 Å². The smallest absolute Gasteiger partial charge is 0.0948 e. The molecule has 0 atom stereocenters. The van der Waals surface area contributed by atoms with Gasteiger partial charge in [-0.25, -0.2) is 4.98 Å². The quantitative estimate of drug-likeness (QED) is 0.853. The highest BCUT2D eigenvalue weighted by Crippen LogP contribution is 2.14. The lowest BCUT2D eigenvalue weighted by Crippen LogP contribution is -2.07. The Morgan fingerprint density at radius 3 is 2.88 bits per heavy atom. The first-order valence-electron chi connectivity index (χ1n) is 6.09. The summed E-state index contributed by atoms with van der Waals surface area (Å²) in [6.07, 6.45) is 4.97. The van der Waals surface area contributed by atoms with E-state index in [0.717, 1.165) is 19.5 Å². The molecule has 0 bridgehead atoms. The van der Waals surface area contributed by atoms with Crippen LogP contribution >= 0.6 is 0 Å². The summed E-state index contributed by atoms with van der Waals surface area (Å²) < 4.78 is 2.20. The lowest BCUT2D eigenvalue weighted by Gasteiger charge is -2.11. The fourth-order valence-electron chi connectivity index (χ4n) is 1.89. The molecule has 3 heteroatoms. The van der Waals surface area contributed by atoms with Crippen molar-refractivity contribution in [1.82, 2.24) is 9.55 Å². The van der Waals surface area contributed by atoms with E-state index in [9.17, 15) is 0 Å². The zero-order chi connectivity index (χ0) is 12.1. The molecule has 0 aliphatic carbocycles. The molecule has 1 aromatic carbocycles. The second-order valence-electron chi connectivity index (χ2n) is 4.25. The van der Waals surface area contributed by atoms with E-state index >= 15 is 0 Å². The number of imidazole rings is 1. The summed E-state index contributed by atoms with van der Waals surface area (Å²) in [5, 5.41) is 3.45. The number of benzene rings is 1. The summed E-state index contributed by atoms with van der Waals surface area (Å²) >= 11 is 0. The van der Waals surface area contributed by atoms with E-state index in [1.165, 1.54) is 16.9 Å². The van der Waals surface area contributed by atoms with Crippen molar-refractivity contribution in [2.45, 2.75) is 33.4 Å². The van der Waals surface area contributed by atoms with Crippen molar-refractivity contribution < 1.29 is 0 Å². The van der Waals surface area contributed by atoms with Gasteiger partial charge in [0.1, 0.15) is 0 Å². The molecule has 0 amide bonds. The molecule has 17 heavy (non-hydrogen) atoms. The highest BCUT2D eigenvalue weighted by Gasteiger charge is 2.02. The fourth-order valence-corrected chi connectivity index (χ4v) is 1.89. The summed E-state index contributed by atoms with van der Waals surface area (Å²) in [6, 6.07) is 8.34. The van der Waals surface area contributed by atoms with Gasteiger partial charge in [0.25, 0.3) is 0 Å². The summed E-state index contributed by atoms with van der Waals surface area (Å²) in [5.41, 5.74) is 3.70. The van der Waals surface area contributed by atoms with Crippen LogP contribution in [0, 0.1) is 6.92 Å². The van der Waals surface area contributed by atoms with E-state index in [0.29, 0.717) is 0 Å². The van der Waals surface area contributed by atoms with E-state index in [-0.39, 0.29) is 0 Å². The zero-order valence-corrected chi connectivity index (χ0v) is 10.5. The van der Waals surface area contributed by atoms with Crippen LogP contribution in [0.2, 0.25) is 0 Å². The first-order chi connectivity index (χ1) is 8.31. The number of hydrogen-bond donors (Lipinski definition) is 1. The molecule has 1 N–H and O–H groups in total. The molecule has 0 unspecified atom stereocenters. The molecule has 3 nitrogen and oxygen atoms in total. The van der Waals surface area contributed by atoms with Crippen LogP contribution in [0.4, 0.5) is 5.69 Å². The van der Waals surface area contributed by atoms with Gasteiger partial charge in [-0.05, 0) is 25.0 Å². The van der Waals surface area contributed by atoms with Gasteiger partial charge in [0.05, 0.1) is 18.6 Å². The first kappa shape index (κ1) is 11.7. The minimum Gasteiger partial charge on any atom is -0.379 e. The molecular formula is C14H19N3. The van der Waals surface area contributed by atoms with Crippen LogP contribution < -0.4 is 5.32 Å². The Morgan fingerprint density at radius 1 is 1.29 bits per heavy atom. The van der Waals surface area contributed by atoms with Crippen LogP contribution in [0.1, 0.15) is 24.6 Å². The lowest BCUT2D eigenvalue weighted by atomic mass is 10.2. The van der Waals surface area contributed by atoms with Gasteiger partial charge in [-0.3, -0.25) is 0 Å². The summed E-state index contributed by atoms with van der Waals surface area (Å²) in [4.78, 5) is 4.20. The van der Waals surface area contributed by atoms with Crippen LogP contribution in [-0.2, 0) is 13.1 Å². The predicted octanol–water partition coefficient (Wildman–Crippen LogP) is 3.21. The molecule has 1 aromatic heterocycles. The van der Waals surface area contributed by atoms with Crippen molar-refractivity contribution in [1.29, 1.82) is 0 Å². The third-order valence-electron chi connectivity index (χ3n) is 2.87. The van der Waals surface area contributed by atoms with Gasteiger partial charge in [-0.2, -0.15) is 0 Å². The van der Waals surface area contributed by atoms with Crippen LogP contribution in [0.5, 0.6) is 0 Å². The average molecular weight is 229 g/mol. The second-order valence-corrected chi connectivity index (χ2v) is 4.25. The molecule has 0 aliphatic rings. The molecule has 90 valence electrons. The predicted molar refractivity (Wildman–Crippen MR) is 71.0 cm³/mol. The third-order valence-corrected chi connectivity index (χ3v) is 2.87. The van der Waals surface area contributed by atoms with Crippen molar-refractivity contribution >= 4 is 5.69 Å². The zero-order valence-electron chi connectivity index (χ0n) is 10.5. The highest BCUT2D eigenvalue weighted by molar-refractivity contribution is 5.50. The summed E-state index contributed by atoms with van der Waals surface area (Å²) in [6.45, 7) is 6.15. The van der Waals surface area contributed by atoms with Gasteiger partial charge in [0.15, 0.2) is 0 Å². The van der Waals surface area contributed by atoms with Gasteiger partial charge < -0.3 is 9.88 Å². The maximum Gasteiger partial charge on any atom is 0.0948 e. The number of rotatable bonds is 5. The maximum atomic E-state index is 4.20. The SMILES string of the molecule is CCCn1cncc1CNc1ccccc1C. The number of nitrogens with one attached hydrogen (secondary N) is 1. The Hall–Kier alpha value is -1.77. The second kappa shape index (κ2) is 5.53. The number of nitrogens with zero attached hydrogens (tertiary/aromatic N) is 2. The standard InChI is InChI=1S/C14H19N3/c1-3-8-17-11-15-9-13(17)10-16-14-7-5-4-6-12(14)2/h4-7,9,11,16H,3,8,10H2,1-2H3. The minimum absolute atomic E-state index is 0.824. The Labute approximate surface area is 103 Å². The highest BCUT2D eigenvalue weighted by atomic mass is 15.1. The normalized spacial score (nSPS) is 10.5. The molecule has 0 saturated heterocycles. The van der Waals surface area contributed by atoms with Crippen LogP contribution in [0.3, 0.4) is 0 Å². The fraction of sp³-hybridized carbons (Fsp3) is 0.357. The van der Waals surface area contributed by atoms with Gasteiger partial charge in [-0.1, -0.05) is 25.1 Å². The average Bonchev–Trinajstić information content (AvgIpc) is 2.76. The van der Waals surface area contributed by atoms with Gasteiger partial charge in [-0.15, -0.1) is 0 Å². The van der Waals surface area contributed by atoms with E-state index in [2.05, 4.69) is 53.0 Å². The monoisotopic (exact) mass is 229 g/mol. The Balaban J connectivity index is 2.02. The first-order valence-corrected chi connectivity index (χ1v) is 6.09. The molecule has 0 radical (unpaired) electrons. The van der Waals surface area contributed by atoms with Crippen molar-refractivity contribution in [3.05, 3.63) is 48.0 Å². The Kier molecular flexibility index (Phi) is 3.81. The van der Waals surface area contributed by atoms with E-state index < -0.39 is 0 Å².